The smallest absolute Gasteiger partial charge is 0.716 e. The minimum atomic E-state index is -4.61. The Morgan fingerprint density at radius 1 is 1.64 bits per heavy atom. The molecule has 0 aromatic carbocycles. The molecule has 0 saturated carbocycles. The molecule has 1 aliphatic heterocycles. The summed E-state index contributed by atoms with van der Waals surface area (Å²) in [5, 5.41) is -0.0463. The second-order valence-electron chi connectivity index (χ2n) is 1.49. The second kappa shape index (κ2) is 4.68. The molecule has 58 valence electrons. The fourth-order valence-corrected chi connectivity index (χ4v) is 1.66. The van der Waals surface area contributed by atoms with Crippen LogP contribution in [0.1, 0.15) is 0 Å². The summed E-state index contributed by atoms with van der Waals surface area (Å²) in [6, 6.07) is 0. The molecule has 0 unspecified atom stereocenters. The first kappa shape index (κ1) is 11.7. The minimum absolute atomic E-state index is 0. The maximum atomic E-state index is 9.92. The summed E-state index contributed by atoms with van der Waals surface area (Å²) in [7, 11) is -4.61. The molecule has 1 heterocycles. The van der Waals surface area contributed by atoms with E-state index in [0.717, 1.165) is 11.8 Å². The summed E-state index contributed by atoms with van der Waals surface area (Å²) < 4.78 is 33.7. The number of rotatable bonds is 1. The normalized spacial score (nSPS) is 17.0. The van der Waals surface area contributed by atoms with Crippen molar-refractivity contribution in [3.8, 4) is 0 Å². The van der Waals surface area contributed by atoms with Gasteiger partial charge in [-0.15, -0.1) is 0 Å². The van der Waals surface area contributed by atoms with Gasteiger partial charge in [0, 0.05) is 5.75 Å². The molecule has 1 aliphatic rings. The predicted molar refractivity (Wildman–Crippen MR) is 35.5 cm³/mol. The molecule has 0 aromatic rings. The van der Waals surface area contributed by atoms with Gasteiger partial charge in [0.1, 0.15) is 0 Å². The van der Waals surface area contributed by atoms with Crippen LogP contribution >= 0.6 is 11.8 Å². The van der Waals surface area contributed by atoms with Crippen LogP contribution in [0.4, 0.5) is 0 Å². The van der Waals surface area contributed by atoms with Crippen LogP contribution in [0.2, 0.25) is 0 Å². The zero-order valence-electron chi connectivity index (χ0n) is 5.81. The van der Waals surface area contributed by atoms with E-state index in [4.69, 9.17) is 0 Å². The van der Waals surface area contributed by atoms with Gasteiger partial charge in [0.25, 0.3) is 15.6 Å². The molecule has 0 saturated heterocycles. The van der Waals surface area contributed by atoms with Gasteiger partial charge in [0.15, 0.2) is 0 Å². The van der Waals surface area contributed by atoms with Crippen molar-refractivity contribution in [3.05, 3.63) is 0 Å². The number of nitrogens with zero attached hydrogens (tertiary/aromatic N) is 1. The minimum Gasteiger partial charge on any atom is -0.716 e. The Bertz CT molecular complexity index is 248. The van der Waals surface area contributed by atoms with Crippen molar-refractivity contribution in [1.82, 2.24) is 0 Å². The first-order valence-corrected chi connectivity index (χ1v) is 4.72. The number of hydrogen-bond donors (Lipinski definition) is 0. The summed E-state index contributed by atoms with van der Waals surface area (Å²) in [6.07, 6.45) is 0. The van der Waals surface area contributed by atoms with E-state index in [1.807, 2.05) is 0 Å². The Morgan fingerprint density at radius 2 is 2.27 bits per heavy atom. The fourth-order valence-electron chi connectivity index (χ4n) is 0.453. The average Bonchev–Trinajstić information content (AvgIpc) is 2.12. The van der Waals surface area contributed by atoms with Crippen LogP contribution in [0.15, 0.2) is 4.99 Å². The van der Waals surface area contributed by atoms with Gasteiger partial charge < -0.3 is 8.74 Å². The van der Waals surface area contributed by atoms with Crippen molar-refractivity contribution in [2.24, 2.45) is 4.99 Å². The van der Waals surface area contributed by atoms with Gasteiger partial charge in [-0.05, 0) is 0 Å². The van der Waals surface area contributed by atoms with Crippen LogP contribution in [0, 0.1) is 0 Å². The van der Waals surface area contributed by atoms with Crippen molar-refractivity contribution in [2.45, 2.75) is 0 Å². The number of aliphatic imine (C=N–C) groups is 1. The molecule has 0 aromatic heterocycles. The third-order valence-electron chi connectivity index (χ3n) is 0.731. The third-order valence-corrected chi connectivity index (χ3v) is 2.04. The van der Waals surface area contributed by atoms with E-state index < -0.39 is 10.4 Å². The van der Waals surface area contributed by atoms with E-state index in [-0.39, 0.29) is 34.8 Å². The van der Waals surface area contributed by atoms with Gasteiger partial charge in [0.05, 0.1) is 6.54 Å². The Morgan fingerprint density at radius 3 is 2.64 bits per heavy atom. The molecule has 0 bridgehead atoms. The summed E-state index contributed by atoms with van der Waals surface area (Å²) in [5.41, 5.74) is 0. The molecular formula is C3H4NNaO4S2. The maximum Gasteiger partial charge on any atom is 1.00 e. The predicted octanol–water partition coefficient (Wildman–Crippen LogP) is -3.43. The second-order valence-corrected chi connectivity index (χ2v) is 3.52. The number of hydrogen-bond acceptors (Lipinski definition) is 6. The Kier molecular flexibility index (Phi) is 4.99. The summed E-state index contributed by atoms with van der Waals surface area (Å²) >= 11 is 1.12. The van der Waals surface area contributed by atoms with Crippen molar-refractivity contribution < 1.29 is 46.7 Å². The molecule has 0 amide bonds. The van der Waals surface area contributed by atoms with Crippen LogP contribution in [-0.4, -0.2) is 30.5 Å². The molecule has 0 fully saturated rings. The fraction of sp³-hybridized carbons (Fsp3) is 0.667. The van der Waals surface area contributed by atoms with Gasteiger partial charge in [-0.2, -0.15) is 0 Å². The van der Waals surface area contributed by atoms with Crippen molar-refractivity contribution in [2.75, 3.05) is 12.3 Å². The van der Waals surface area contributed by atoms with Crippen molar-refractivity contribution in [3.63, 3.8) is 0 Å². The molecule has 0 N–H and O–H groups in total. The summed E-state index contributed by atoms with van der Waals surface area (Å²) in [4.78, 5) is 3.60. The van der Waals surface area contributed by atoms with E-state index in [0.29, 0.717) is 12.3 Å². The molecule has 0 spiro atoms. The molecule has 0 atom stereocenters. The largest absolute Gasteiger partial charge is 1.00 e. The van der Waals surface area contributed by atoms with Crippen LogP contribution < -0.4 is 29.6 Å². The van der Waals surface area contributed by atoms with Crippen molar-refractivity contribution >= 4 is 27.4 Å². The van der Waals surface area contributed by atoms with Gasteiger partial charge in [-0.3, -0.25) is 0 Å². The topological polar surface area (TPSA) is 78.8 Å². The number of thioether (sulfide) groups is 1. The quantitative estimate of drug-likeness (QED) is 0.253. The third kappa shape index (κ3) is 5.05. The van der Waals surface area contributed by atoms with Crippen LogP contribution in [-0.2, 0) is 14.6 Å². The molecule has 8 heteroatoms. The van der Waals surface area contributed by atoms with Gasteiger partial charge in [-0.25, -0.2) is 13.4 Å². The SMILES string of the molecule is O=S(=O)([O-])OC1=NCCS1.[Na+]. The molecule has 0 radical (unpaired) electrons. The first-order chi connectivity index (χ1) is 4.58. The molecule has 11 heavy (non-hydrogen) atoms. The summed E-state index contributed by atoms with van der Waals surface area (Å²) in [5.74, 6) is 0.671. The molecule has 5 nitrogen and oxygen atoms in total. The Labute approximate surface area is 90.8 Å². The maximum absolute atomic E-state index is 9.92. The molecular weight excluding hydrogens is 201 g/mol. The van der Waals surface area contributed by atoms with Crippen LogP contribution in [0.5, 0.6) is 0 Å². The first-order valence-electron chi connectivity index (χ1n) is 2.40. The van der Waals surface area contributed by atoms with Crippen LogP contribution in [0.25, 0.3) is 0 Å². The molecule has 1 rings (SSSR count). The van der Waals surface area contributed by atoms with Gasteiger partial charge >= 0.3 is 29.6 Å². The Balaban J connectivity index is 0.000001000. The average molecular weight is 205 g/mol. The van der Waals surface area contributed by atoms with Gasteiger partial charge in [0.2, 0.25) is 0 Å². The molecule has 0 aliphatic carbocycles. The van der Waals surface area contributed by atoms with E-state index in [1.54, 1.807) is 0 Å². The van der Waals surface area contributed by atoms with E-state index in [2.05, 4.69) is 9.18 Å². The Hall–Kier alpha value is 0.730. The van der Waals surface area contributed by atoms with E-state index in [1.165, 1.54) is 0 Å². The van der Waals surface area contributed by atoms with Crippen LogP contribution in [0.3, 0.4) is 0 Å². The standard InChI is InChI=1S/C3H5NO4S2.Na/c5-10(6,7)8-3-4-1-2-9-3;/h1-2H2,(H,5,6,7);/q;+1/p-1. The van der Waals surface area contributed by atoms with Crippen molar-refractivity contribution in [1.29, 1.82) is 0 Å². The monoisotopic (exact) mass is 205 g/mol. The zero-order chi connectivity index (χ0) is 7.61. The van der Waals surface area contributed by atoms with Gasteiger partial charge in [-0.1, -0.05) is 11.8 Å². The summed E-state index contributed by atoms with van der Waals surface area (Å²) in [6.45, 7) is 0.509. The van der Waals surface area contributed by atoms with E-state index >= 15 is 0 Å². The van der Waals surface area contributed by atoms with E-state index in [9.17, 15) is 13.0 Å². The zero-order valence-corrected chi connectivity index (χ0v) is 9.44.